The van der Waals surface area contributed by atoms with Crippen molar-refractivity contribution in [1.82, 2.24) is 4.90 Å². The van der Waals surface area contributed by atoms with E-state index in [1.54, 1.807) is 17.0 Å². The molecule has 1 aromatic rings. The van der Waals surface area contributed by atoms with Crippen LogP contribution >= 0.6 is 0 Å². The van der Waals surface area contributed by atoms with Crippen molar-refractivity contribution in [3.63, 3.8) is 0 Å². The van der Waals surface area contributed by atoms with Gasteiger partial charge in [0.1, 0.15) is 5.75 Å². The molecule has 1 saturated heterocycles. The molecule has 0 bridgehead atoms. The lowest BCUT2D eigenvalue weighted by Gasteiger charge is -2.31. The maximum absolute atomic E-state index is 12.3. The lowest BCUT2D eigenvalue weighted by atomic mass is 9.99. The largest absolute Gasteiger partial charge is 0.434 e. The number of benzene rings is 1. The van der Waals surface area contributed by atoms with Gasteiger partial charge in [-0.05, 0) is 30.9 Å². The minimum Gasteiger partial charge on any atom is -0.434 e. The zero-order chi connectivity index (χ0) is 13.8. The number of carbonyl (C=O) groups excluding carboxylic acids is 1. The van der Waals surface area contributed by atoms with E-state index in [1.165, 1.54) is 12.1 Å². The van der Waals surface area contributed by atoms with E-state index in [-0.39, 0.29) is 17.2 Å². The van der Waals surface area contributed by atoms with E-state index in [2.05, 4.69) is 11.7 Å². The summed E-state index contributed by atoms with van der Waals surface area (Å²) in [5.41, 5.74) is 0.205. The highest BCUT2D eigenvalue weighted by Gasteiger charge is 2.24. The van der Waals surface area contributed by atoms with Crippen molar-refractivity contribution < 1.29 is 18.3 Å². The minimum absolute atomic E-state index is 0.0549. The van der Waals surface area contributed by atoms with E-state index < -0.39 is 6.61 Å². The van der Waals surface area contributed by atoms with Crippen LogP contribution in [0.5, 0.6) is 5.75 Å². The van der Waals surface area contributed by atoms with Crippen molar-refractivity contribution in [3.05, 3.63) is 29.8 Å². The van der Waals surface area contributed by atoms with Gasteiger partial charge in [-0.2, -0.15) is 8.78 Å². The van der Waals surface area contributed by atoms with E-state index in [0.29, 0.717) is 19.0 Å². The topological polar surface area (TPSA) is 29.5 Å². The second-order valence-electron chi connectivity index (χ2n) is 4.87. The first kappa shape index (κ1) is 13.8. The summed E-state index contributed by atoms with van der Waals surface area (Å²) in [7, 11) is 0. The highest BCUT2D eigenvalue weighted by Crippen LogP contribution is 2.24. The lowest BCUT2D eigenvalue weighted by Crippen LogP contribution is -2.39. The first-order chi connectivity index (χ1) is 9.08. The Balaban J connectivity index is 2.18. The summed E-state index contributed by atoms with van der Waals surface area (Å²) in [5.74, 6) is 0.157. The van der Waals surface area contributed by atoms with Crippen molar-refractivity contribution in [2.24, 2.45) is 5.92 Å². The van der Waals surface area contributed by atoms with Crippen LogP contribution in [0.4, 0.5) is 8.78 Å². The Hall–Kier alpha value is -1.65. The normalized spacial score (nSPS) is 19.6. The molecule has 3 nitrogen and oxygen atoms in total. The SMILES string of the molecule is CC1CCCN(C(=O)c2ccccc2OC(F)F)C1. The molecular formula is C14H17F2NO2. The molecule has 1 atom stereocenters. The molecule has 5 heteroatoms. The van der Waals surface area contributed by atoms with Gasteiger partial charge in [0.25, 0.3) is 5.91 Å². The second-order valence-corrected chi connectivity index (χ2v) is 4.87. The zero-order valence-electron chi connectivity index (χ0n) is 10.8. The van der Waals surface area contributed by atoms with Crippen LogP contribution in [-0.4, -0.2) is 30.5 Å². The number of likely N-dealkylation sites (tertiary alicyclic amines) is 1. The number of rotatable bonds is 3. The number of halogens is 2. The number of amides is 1. The average Bonchev–Trinajstić information content (AvgIpc) is 2.38. The van der Waals surface area contributed by atoms with Gasteiger partial charge in [0.2, 0.25) is 0 Å². The molecule has 0 N–H and O–H groups in total. The Morgan fingerprint density at radius 2 is 2.16 bits per heavy atom. The molecule has 1 amide bonds. The molecule has 0 aromatic heterocycles. The molecule has 1 aliphatic rings. The third-order valence-corrected chi connectivity index (χ3v) is 3.28. The number of hydrogen-bond donors (Lipinski definition) is 0. The molecule has 1 fully saturated rings. The fourth-order valence-electron chi connectivity index (χ4n) is 2.39. The Kier molecular flexibility index (Phi) is 4.35. The van der Waals surface area contributed by atoms with Crippen molar-refractivity contribution in [2.75, 3.05) is 13.1 Å². The number of piperidine rings is 1. The van der Waals surface area contributed by atoms with Gasteiger partial charge < -0.3 is 9.64 Å². The van der Waals surface area contributed by atoms with Crippen LogP contribution in [0, 0.1) is 5.92 Å². The molecule has 0 aliphatic carbocycles. The first-order valence-corrected chi connectivity index (χ1v) is 6.41. The van der Waals surface area contributed by atoms with E-state index in [4.69, 9.17) is 0 Å². The van der Waals surface area contributed by atoms with Gasteiger partial charge in [-0.1, -0.05) is 19.1 Å². The molecule has 0 spiro atoms. The summed E-state index contributed by atoms with van der Waals surface area (Å²) >= 11 is 0. The van der Waals surface area contributed by atoms with Crippen LogP contribution in [0.2, 0.25) is 0 Å². The fraction of sp³-hybridized carbons (Fsp3) is 0.500. The summed E-state index contributed by atoms with van der Waals surface area (Å²) in [5, 5.41) is 0. The Labute approximate surface area is 111 Å². The predicted molar refractivity (Wildman–Crippen MR) is 67.4 cm³/mol. The maximum atomic E-state index is 12.3. The molecule has 1 heterocycles. The predicted octanol–water partition coefficient (Wildman–Crippen LogP) is 3.16. The van der Waals surface area contributed by atoms with Gasteiger partial charge in [0, 0.05) is 13.1 Å². The molecule has 19 heavy (non-hydrogen) atoms. The Morgan fingerprint density at radius 1 is 1.42 bits per heavy atom. The summed E-state index contributed by atoms with van der Waals surface area (Å²) in [6.45, 7) is 0.504. The number of hydrogen-bond acceptors (Lipinski definition) is 2. The summed E-state index contributed by atoms with van der Waals surface area (Å²) in [4.78, 5) is 14.1. The number of ether oxygens (including phenoxy) is 1. The molecule has 1 unspecified atom stereocenters. The van der Waals surface area contributed by atoms with E-state index in [0.717, 1.165) is 12.8 Å². The number of carbonyl (C=O) groups is 1. The highest BCUT2D eigenvalue weighted by atomic mass is 19.3. The number of alkyl halides is 2. The van der Waals surface area contributed by atoms with Gasteiger partial charge in [0.15, 0.2) is 0 Å². The second kappa shape index (κ2) is 5.99. The fourth-order valence-corrected chi connectivity index (χ4v) is 2.39. The van der Waals surface area contributed by atoms with E-state index >= 15 is 0 Å². The van der Waals surface area contributed by atoms with Gasteiger partial charge in [-0.25, -0.2) is 0 Å². The average molecular weight is 269 g/mol. The zero-order valence-corrected chi connectivity index (χ0v) is 10.8. The molecular weight excluding hydrogens is 252 g/mol. The minimum atomic E-state index is -2.92. The summed E-state index contributed by atoms with van der Waals surface area (Å²) in [6, 6.07) is 6.15. The van der Waals surface area contributed by atoms with Gasteiger partial charge in [0.05, 0.1) is 5.56 Å². The first-order valence-electron chi connectivity index (χ1n) is 6.41. The van der Waals surface area contributed by atoms with Crippen LogP contribution in [-0.2, 0) is 0 Å². The molecule has 0 saturated carbocycles. The Morgan fingerprint density at radius 3 is 2.84 bits per heavy atom. The van der Waals surface area contributed by atoms with Crippen LogP contribution in [0.3, 0.4) is 0 Å². The molecule has 1 aromatic carbocycles. The monoisotopic (exact) mass is 269 g/mol. The van der Waals surface area contributed by atoms with E-state index in [9.17, 15) is 13.6 Å². The smallest absolute Gasteiger partial charge is 0.387 e. The van der Waals surface area contributed by atoms with Crippen LogP contribution in [0.25, 0.3) is 0 Å². The standard InChI is InChI=1S/C14H17F2NO2/c1-10-5-4-8-17(9-10)13(18)11-6-2-3-7-12(11)19-14(15)16/h2-3,6-7,10,14H,4-5,8-9H2,1H3. The van der Waals surface area contributed by atoms with Crippen LogP contribution in [0.1, 0.15) is 30.1 Å². The summed E-state index contributed by atoms with van der Waals surface area (Å²) < 4.78 is 29.0. The van der Waals surface area contributed by atoms with Gasteiger partial charge in [-0.15, -0.1) is 0 Å². The van der Waals surface area contributed by atoms with Gasteiger partial charge >= 0.3 is 6.61 Å². The molecule has 1 aliphatic heterocycles. The van der Waals surface area contributed by atoms with Crippen molar-refractivity contribution in [1.29, 1.82) is 0 Å². The van der Waals surface area contributed by atoms with Crippen molar-refractivity contribution >= 4 is 5.91 Å². The van der Waals surface area contributed by atoms with Crippen molar-refractivity contribution in [2.45, 2.75) is 26.4 Å². The Bertz CT molecular complexity index is 451. The van der Waals surface area contributed by atoms with Crippen molar-refractivity contribution in [3.8, 4) is 5.75 Å². The van der Waals surface area contributed by atoms with Crippen LogP contribution in [0.15, 0.2) is 24.3 Å². The highest BCUT2D eigenvalue weighted by molar-refractivity contribution is 5.97. The third kappa shape index (κ3) is 3.43. The maximum Gasteiger partial charge on any atom is 0.387 e. The molecule has 0 radical (unpaired) electrons. The molecule has 2 rings (SSSR count). The lowest BCUT2D eigenvalue weighted by molar-refractivity contribution is -0.0503. The van der Waals surface area contributed by atoms with E-state index in [1.807, 2.05) is 0 Å². The number of para-hydroxylation sites is 1. The van der Waals surface area contributed by atoms with Gasteiger partial charge in [-0.3, -0.25) is 4.79 Å². The molecule has 104 valence electrons. The summed E-state index contributed by atoms with van der Waals surface area (Å²) in [6.07, 6.45) is 2.05. The van der Waals surface area contributed by atoms with Crippen LogP contribution < -0.4 is 4.74 Å². The quantitative estimate of drug-likeness (QED) is 0.843. The number of nitrogens with zero attached hydrogens (tertiary/aromatic N) is 1. The third-order valence-electron chi connectivity index (χ3n) is 3.28.